The zero-order chi connectivity index (χ0) is 36.4. The molecule has 292 valence electrons. The van der Waals surface area contributed by atoms with Crippen LogP contribution < -0.4 is 0 Å². The van der Waals surface area contributed by atoms with E-state index in [1.807, 2.05) is 0 Å². The summed E-state index contributed by atoms with van der Waals surface area (Å²) in [5.41, 5.74) is 0. The van der Waals surface area contributed by atoms with Gasteiger partial charge < -0.3 is 14.6 Å². The molecule has 5 heteroatoms. The van der Waals surface area contributed by atoms with Crippen molar-refractivity contribution in [3.8, 4) is 0 Å². The van der Waals surface area contributed by atoms with Gasteiger partial charge in [-0.2, -0.15) is 0 Å². The molecule has 5 nitrogen and oxygen atoms in total. The van der Waals surface area contributed by atoms with Crippen LogP contribution in [0.15, 0.2) is 36.5 Å². The normalized spacial score (nSPS) is 12.5. The Morgan fingerprint density at radius 2 is 0.800 bits per heavy atom. The lowest BCUT2D eigenvalue weighted by molar-refractivity contribution is -0.161. The summed E-state index contributed by atoms with van der Waals surface area (Å²) >= 11 is 0. The summed E-state index contributed by atoms with van der Waals surface area (Å²) in [5, 5.41) is 9.57. The Morgan fingerprint density at radius 3 is 1.24 bits per heavy atom. The highest BCUT2D eigenvalue weighted by atomic mass is 16.6. The SMILES string of the molecule is CCCCCC=CCC=CCC=CCCCCCCC(=O)OCC(CO)OC(=O)CCCCCCCCCCCCCCCCCCCCC. The van der Waals surface area contributed by atoms with Gasteiger partial charge in [-0.1, -0.05) is 192 Å². The predicted octanol–water partition coefficient (Wildman–Crippen LogP) is 13.6. The van der Waals surface area contributed by atoms with E-state index >= 15 is 0 Å². The van der Waals surface area contributed by atoms with E-state index < -0.39 is 6.10 Å². The summed E-state index contributed by atoms with van der Waals surface area (Å²) in [6.45, 7) is 4.11. The molecule has 0 aliphatic rings. The number of ether oxygens (including phenoxy) is 2. The summed E-state index contributed by atoms with van der Waals surface area (Å²) in [7, 11) is 0. The molecule has 1 atom stereocenters. The second kappa shape index (κ2) is 41.5. The minimum absolute atomic E-state index is 0.0746. The molecule has 0 aliphatic carbocycles. The Hall–Kier alpha value is -1.88. The summed E-state index contributed by atoms with van der Waals surface area (Å²) in [6, 6.07) is 0. The average Bonchev–Trinajstić information content (AvgIpc) is 3.12. The third kappa shape index (κ3) is 38.9. The first kappa shape index (κ1) is 48.1. The van der Waals surface area contributed by atoms with Crippen molar-refractivity contribution in [3.63, 3.8) is 0 Å². The molecule has 0 amide bonds. The molecule has 0 aliphatic heterocycles. The van der Waals surface area contributed by atoms with Crippen LogP contribution in [-0.2, 0) is 19.1 Å². The standard InChI is InChI=1S/C45H82O5/c1-3-5-7-9-11-13-15-17-19-21-22-24-26-28-30-32-34-36-38-40-45(48)50-43(41-46)42-49-44(47)39-37-35-33-31-29-27-25-23-20-18-16-14-12-10-8-6-4-2/h12,14,18,20,25,27,43,46H,3-11,13,15-17,19,21-24,26,28-42H2,1-2H3. The molecule has 0 fully saturated rings. The van der Waals surface area contributed by atoms with Crippen LogP contribution in [-0.4, -0.2) is 36.4 Å². The highest BCUT2D eigenvalue weighted by Gasteiger charge is 2.16. The molecule has 50 heavy (non-hydrogen) atoms. The highest BCUT2D eigenvalue weighted by Crippen LogP contribution is 2.15. The minimum atomic E-state index is -0.777. The van der Waals surface area contributed by atoms with Crippen LogP contribution in [0.4, 0.5) is 0 Å². The summed E-state index contributed by atoms with van der Waals surface area (Å²) in [4.78, 5) is 24.3. The second-order valence-electron chi connectivity index (χ2n) is 14.4. The van der Waals surface area contributed by atoms with Gasteiger partial charge >= 0.3 is 11.9 Å². The molecular weight excluding hydrogens is 620 g/mol. The van der Waals surface area contributed by atoms with E-state index in [9.17, 15) is 14.7 Å². The van der Waals surface area contributed by atoms with Gasteiger partial charge in [0.1, 0.15) is 6.61 Å². The van der Waals surface area contributed by atoms with E-state index in [1.54, 1.807) is 0 Å². The van der Waals surface area contributed by atoms with Crippen molar-refractivity contribution in [2.75, 3.05) is 13.2 Å². The number of esters is 2. The van der Waals surface area contributed by atoms with Gasteiger partial charge in [0, 0.05) is 12.8 Å². The first-order valence-electron chi connectivity index (χ1n) is 21.5. The van der Waals surface area contributed by atoms with Gasteiger partial charge in [-0.15, -0.1) is 0 Å². The molecule has 0 aromatic heterocycles. The van der Waals surface area contributed by atoms with Crippen LogP contribution in [0.1, 0.15) is 219 Å². The van der Waals surface area contributed by atoms with Crippen molar-refractivity contribution >= 4 is 11.9 Å². The summed E-state index contributed by atoms with van der Waals surface area (Å²) < 4.78 is 10.6. The van der Waals surface area contributed by atoms with Crippen molar-refractivity contribution in [2.24, 2.45) is 0 Å². The topological polar surface area (TPSA) is 72.8 Å². The smallest absolute Gasteiger partial charge is 0.306 e. The van der Waals surface area contributed by atoms with Crippen LogP contribution in [0.25, 0.3) is 0 Å². The maximum atomic E-state index is 12.2. The fraction of sp³-hybridized carbons (Fsp3) is 0.822. The number of hydrogen-bond donors (Lipinski definition) is 1. The zero-order valence-corrected chi connectivity index (χ0v) is 33.2. The molecule has 0 aromatic carbocycles. The van der Waals surface area contributed by atoms with Crippen molar-refractivity contribution < 1.29 is 24.2 Å². The lowest BCUT2D eigenvalue weighted by Crippen LogP contribution is -2.28. The first-order chi connectivity index (χ1) is 24.6. The fourth-order valence-electron chi connectivity index (χ4n) is 6.15. The van der Waals surface area contributed by atoms with Crippen LogP contribution in [0.5, 0.6) is 0 Å². The Labute approximate surface area is 310 Å². The lowest BCUT2D eigenvalue weighted by Gasteiger charge is -2.15. The third-order valence-corrected chi connectivity index (χ3v) is 9.44. The van der Waals surface area contributed by atoms with E-state index in [4.69, 9.17) is 9.47 Å². The van der Waals surface area contributed by atoms with Gasteiger partial charge in [-0.3, -0.25) is 9.59 Å². The van der Waals surface area contributed by atoms with Crippen molar-refractivity contribution in [1.29, 1.82) is 0 Å². The van der Waals surface area contributed by atoms with E-state index in [0.717, 1.165) is 64.2 Å². The number of carbonyl (C=O) groups is 2. The number of hydrogen-bond acceptors (Lipinski definition) is 5. The van der Waals surface area contributed by atoms with Crippen molar-refractivity contribution in [2.45, 2.75) is 225 Å². The monoisotopic (exact) mass is 703 g/mol. The number of aliphatic hydroxyl groups is 1. The van der Waals surface area contributed by atoms with Gasteiger partial charge in [0.15, 0.2) is 6.10 Å². The second-order valence-corrected chi connectivity index (χ2v) is 14.4. The Balaban J connectivity index is 3.55. The number of unbranched alkanes of at least 4 members (excludes halogenated alkanes) is 25. The van der Waals surface area contributed by atoms with Gasteiger partial charge in [-0.05, 0) is 51.4 Å². The molecule has 0 bridgehead atoms. The van der Waals surface area contributed by atoms with E-state index in [-0.39, 0.29) is 25.2 Å². The number of carbonyl (C=O) groups excluding carboxylic acids is 2. The fourth-order valence-corrected chi connectivity index (χ4v) is 6.15. The number of aliphatic hydroxyl groups excluding tert-OH is 1. The van der Waals surface area contributed by atoms with Gasteiger partial charge in [0.05, 0.1) is 6.61 Å². The molecular formula is C45H82O5. The van der Waals surface area contributed by atoms with E-state index in [0.29, 0.717) is 12.8 Å². The van der Waals surface area contributed by atoms with Gasteiger partial charge in [0.2, 0.25) is 0 Å². The summed E-state index contributed by atoms with van der Waals surface area (Å²) in [6.07, 6.45) is 50.7. The maximum absolute atomic E-state index is 12.2. The summed E-state index contributed by atoms with van der Waals surface area (Å²) in [5.74, 6) is -0.608. The van der Waals surface area contributed by atoms with Gasteiger partial charge in [0.25, 0.3) is 0 Å². The average molecular weight is 703 g/mol. The van der Waals surface area contributed by atoms with Crippen LogP contribution in [0, 0.1) is 0 Å². The molecule has 0 radical (unpaired) electrons. The predicted molar refractivity (Wildman–Crippen MR) is 214 cm³/mol. The Kier molecular flexibility index (Phi) is 40.0. The molecule has 0 saturated heterocycles. The maximum Gasteiger partial charge on any atom is 0.306 e. The van der Waals surface area contributed by atoms with Crippen LogP contribution in [0.3, 0.4) is 0 Å². The van der Waals surface area contributed by atoms with Crippen LogP contribution >= 0.6 is 0 Å². The van der Waals surface area contributed by atoms with Gasteiger partial charge in [-0.25, -0.2) is 0 Å². The van der Waals surface area contributed by atoms with Crippen molar-refractivity contribution in [3.05, 3.63) is 36.5 Å². The highest BCUT2D eigenvalue weighted by molar-refractivity contribution is 5.70. The quantitative estimate of drug-likeness (QED) is 0.0392. The largest absolute Gasteiger partial charge is 0.462 e. The molecule has 0 aromatic rings. The molecule has 0 spiro atoms. The lowest BCUT2D eigenvalue weighted by atomic mass is 10.0. The minimum Gasteiger partial charge on any atom is -0.462 e. The number of allylic oxidation sites excluding steroid dienone is 6. The third-order valence-electron chi connectivity index (χ3n) is 9.44. The van der Waals surface area contributed by atoms with E-state index in [2.05, 4.69) is 50.3 Å². The Morgan fingerprint density at radius 1 is 0.460 bits per heavy atom. The van der Waals surface area contributed by atoms with Crippen molar-refractivity contribution in [1.82, 2.24) is 0 Å². The zero-order valence-electron chi connectivity index (χ0n) is 33.2. The van der Waals surface area contributed by atoms with Crippen LogP contribution in [0.2, 0.25) is 0 Å². The van der Waals surface area contributed by atoms with E-state index in [1.165, 1.54) is 128 Å². The molecule has 0 heterocycles. The first-order valence-corrected chi connectivity index (χ1v) is 21.5. The molecule has 1 N–H and O–H groups in total. The number of rotatable bonds is 39. The molecule has 1 unspecified atom stereocenters. The Bertz CT molecular complexity index is 801. The molecule has 0 rings (SSSR count). The molecule has 0 saturated carbocycles.